The standard InChI is InChI=1S/C12H23N3O3/c1-9-6-11(14-12(17)18-3)8-15(7-9)5-4-13-10(2)16/h9,11H,4-8H2,1-3H3,(H,13,16)(H,14,17). The van der Waals surface area contributed by atoms with Gasteiger partial charge in [-0.1, -0.05) is 6.92 Å². The summed E-state index contributed by atoms with van der Waals surface area (Å²) in [7, 11) is 1.37. The fourth-order valence-electron chi connectivity index (χ4n) is 2.36. The summed E-state index contributed by atoms with van der Waals surface area (Å²) in [6.07, 6.45) is 0.585. The SMILES string of the molecule is COC(=O)NC1CC(C)CN(CCNC(C)=O)C1. The molecule has 0 aromatic heterocycles. The minimum absolute atomic E-state index is 0.00991. The van der Waals surface area contributed by atoms with E-state index in [9.17, 15) is 9.59 Å². The second-order valence-electron chi connectivity index (χ2n) is 4.92. The van der Waals surface area contributed by atoms with Gasteiger partial charge in [-0.2, -0.15) is 0 Å². The highest BCUT2D eigenvalue weighted by molar-refractivity contribution is 5.72. The van der Waals surface area contributed by atoms with E-state index in [1.165, 1.54) is 14.0 Å². The Morgan fingerprint density at radius 3 is 2.72 bits per heavy atom. The zero-order valence-electron chi connectivity index (χ0n) is 11.4. The highest BCUT2D eigenvalue weighted by atomic mass is 16.5. The number of piperidine rings is 1. The average molecular weight is 257 g/mol. The number of carbonyl (C=O) groups is 2. The van der Waals surface area contributed by atoms with Crippen molar-refractivity contribution in [2.24, 2.45) is 5.92 Å². The molecule has 2 amide bonds. The van der Waals surface area contributed by atoms with Gasteiger partial charge in [0, 0.05) is 39.1 Å². The van der Waals surface area contributed by atoms with Gasteiger partial charge in [0.2, 0.25) is 5.91 Å². The number of likely N-dealkylation sites (tertiary alicyclic amines) is 1. The first kappa shape index (κ1) is 14.8. The van der Waals surface area contributed by atoms with E-state index in [4.69, 9.17) is 0 Å². The third-order valence-electron chi connectivity index (χ3n) is 3.04. The molecule has 1 aliphatic heterocycles. The van der Waals surface area contributed by atoms with E-state index in [0.717, 1.165) is 26.1 Å². The fourth-order valence-corrected chi connectivity index (χ4v) is 2.36. The Morgan fingerprint density at radius 1 is 1.39 bits per heavy atom. The number of ether oxygens (including phenoxy) is 1. The molecule has 2 unspecified atom stereocenters. The van der Waals surface area contributed by atoms with Crippen LogP contribution in [0.4, 0.5) is 4.79 Å². The van der Waals surface area contributed by atoms with Gasteiger partial charge in [-0.3, -0.25) is 9.69 Å². The number of rotatable bonds is 4. The first-order valence-corrected chi connectivity index (χ1v) is 6.32. The number of carbonyl (C=O) groups excluding carboxylic acids is 2. The predicted octanol–water partition coefficient (Wildman–Crippen LogP) is 0.189. The van der Waals surface area contributed by atoms with Crippen LogP contribution in [0.1, 0.15) is 20.3 Å². The summed E-state index contributed by atoms with van der Waals surface area (Å²) in [5.41, 5.74) is 0. The molecule has 2 N–H and O–H groups in total. The summed E-state index contributed by atoms with van der Waals surface area (Å²) in [5, 5.41) is 5.62. The summed E-state index contributed by atoms with van der Waals surface area (Å²) < 4.78 is 4.61. The van der Waals surface area contributed by atoms with E-state index >= 15 is 0 Å². The molecule has 0 aliphatic carbocycles. The number of amides is 2. The largest absolute Gasteiger partial charge is 0.453 e. The van der Waals surface area contributed by atoms with Crippen LogP contribution < -0.4 is 10.6 Å². The van der Waals surface area contributed by atoms with Crippen molar-refractivity contribution in [1.29, 1.82) is 0 Å². The van der Waals surface area contributed by atoms with Gasteiger partial charge in [0.15, 0.2) is 0 Å². The number of hydrogen-bond donors (Lipinski definition) is 2. The maximum absolute atomic E-state index is 11.2. The van der Waals surface area contributed by atoms with Crippen molar-refractivity contribution < 1.29 is 14.3 Å². The molecule has 2 atom stereocenters. The lowest BCUT2D eigenvalue weighted by molar-refractivity contribution is -0.119. The summed E-state index contributed by atoms with van der Waals surface area (Å²) in [5.74, 6) is 0.516. The fraction of sp³-hybridized carbons (Fsp3) is 0.833. The molecule has 0 bridgehead atoms. The Labute approximate surface area is 108 Å². The predicted molar refractivity (Wildman–Crippen MR) is 68.2 cm³/mol. The molecule has 1 fully saturated rings. The lowest BCUT2D eigenvalue weighted by Crippen LogP contribution is -2.51. The minimum Gasteiger partial charge on any atom is -0.453 e. The number of alkyl carbamates (subject to hydrolysis) is 1. The zero-order valence-corrected chi connectivity index (χ0v) is 11.4. The van der Waals surface area contributed by atoms with Crippen molar-refractivity contribution in [3.05, 3.63) is 0 Å². The van der Waals surface area contributed by atoms with E-state index < -0.39 is 0 Å². The van der Waals surface area contributed by atoms with Crippen LogP contribution in [0.5, 0.6) is 0 Å². The second-order valence-corrected chi connectivity index (χ2v) is 4.92. The monoisotopic (exact) mass is 257 g/mol. The molecular weight excluding hydrogens is 234 g/mol. The van der Waals surface area contributed by atoms with Crippen molar-refractivity contribution in [3.8, 4) is 0 Å². The Hall–Kier alpha value is -1.30. The summed E-state index contributed by atoms with van der Waals surface area (Å²) >= 11 is 0. The topological polar surface area (TPSA) is 70.7 Å². The van der Waals surface area contributed by atoms with E-state index in [-0.39, 0.29) is 18.0 Å². The molecule has 0 spiro atoms. The second kappa shape index (κ2) is 7.20. The van der Waals surface area contributed by atoms with Crippen LogP contribution >= 0.6 is 0 Å². The molecule has 104 valence electrons. The van der Waals surface area contributed by atoms with Crippen molar-refractivity contribution in [2.75, 3.05) is 33.3 Å². The van der Waals surface area contributed by atoms with Crippen LogP contribution in [0.2, 0.25) is 0 Å². The van der Waals surface area contributed by atoms with Gasteiger partial charge < -0.3 is 15.4 Å². The Bertz CT molecular complexity index is 296. The van der Waals surface area contributed by atoms with E-state index in [0.29, 0.717) is 12.5 Å². The molecular formula is C12H23N3O3. The molecule has 18 heavy (non-hydrogen) atoms. The van der Waals surface area contributed by atoms with Crippen molar-refractivity contribution in [2.45, 2.75) is 26.3 Å². The van der Waals surface area contributed by atoms with Crippen LogP contribution in [0, 0.1) is 5.92 Å². The van der Waals surface area contributed by atoms with Crippen LogP contribution in [0.3, 0.4) is 0 Å². The van der Waals surface area contributed by atoms with Crippen molar-refractivity contribution in [3.63, 3.8) is 0 Å². The summed E-state index contributed by atoms with van der Waals surface area (Å²) in [6, 6.07) is 0.124. The molecule has 6 nitrogen and oxygen atoms in total. The first-order valence-electron chi connectivity index (χ1n) is 6.32. The smallest absolute Gasteiger partial charge is 0.407 e. The first-order chi connectivity index (χ1) is 8.51. The van der Waals surface area contributed by atoms with Gasteiger partial charge in [-0.25, -0.2) is 4.79 Å². The summed E-state index contributed by atoms with van der Waals surface area (Å²) in [6.45, 7) is 6.94. The third-order valence-corrected chi connectivity index (χ3v) is 3.04. The molecule has 0 aromatic rings. The lowest BCUT2D eigenvalue weighted by atomic mass is 9.96. The molecule has 0 radical (unpaired) electrons. The van der Waals surface area contributed by atoms with Crippen molar-refractivity contribution in [1.82, 2.24) is 15.5 Å². The van der Waals surface area contributed by atoms with E-state index in [2.05, 4.69) is 27.2 Å². The van der Waals surface area contributed by atoms with Gasteiger partial charge >= 0.3 is 6.09 Å². The van der Waals surface area contributed by atoms with Crippen LogP contribution in [-0.2, 0) is 9.53 Å². The zero-order chi connectivity index (χ0) is 13.5. The van der Waals surface area contributed by atoms with Crippen molar-refractivity contribution >= 4 is 12.0 Å². The lowest BCUT2D eigenvalue weighted by Gasteiger charge is -2.36. The third kappa shape index (κ3) is 5.35. The minimum atomic E-state index is -0.379. The molecule has 1 rings (SSSR count). The quantitative estimate of drug-likeness (QED) is 0.754. The van der Waals surface area contributed by atoms with E-state index in [1.807, 2.05) is 0 Å². The van der Waals surface area contributed by atoms with Gasteiger partial charge in [-0.05, 0) is 12.3 Å². The Kier molecular flexibility index (Phi) is 5.91. The number of hydrogen-bond acceptors (Lipinski definition) is 4. The maximum Gasteiger partial charge on any atom is 0.407 e. The normalized spacial score (nSPS) is 24.4. The molecule has 1 saturated heterocycles. The molecule has 1 aliphatic rings. The van der Waals surface area contributed by atoms with Gasteiger partial charge in [-0.15, -0.1) is 0 Å². The summed E-state index contributed by atoms with van der Waals surface area (Å²) in [4.78, 5) is 24.2. The number of nitrogens with zero attached hydrogens (tertiary/aromatic N) is 1. The van der Waals surface area contributed by atoms with Gasteiger partial charge in [0.05, 0.1) is 7.11 Å². The Morgan fingerprint density at radius 2 is 2.11 bits per heavy atom. The molecule has 0 saturated carbocycles. The van der Waals surface area contributed by atoms with Gasteiger partial charge in [0.1, 0.15) is 0 Å². The number of methoxy groups -OCH3 is 1. The number of nitrogens with one attached hydrogen (secondary N) is 2. The van der Waals surface area contributed by atoms with Crippen LogP contribution in [0.15, 0.2) is 0 Å². The molecule has 0 aromatic carbocycles. The Balaban J connectivity index is 2.35. The van der Waals surface area contributed by atoms with Gasteiger partial charge in [0.25, 0.3) is 0 Å². The average Bonchev–Trinajstić information content (AvgIpc) is 2.27. The van der Waals surface area contributed by atoms with E-state index in [1.54, 1.807) is 0 Å². The van der Waals surface area contributed by atoms with Crippen LogP contribution in [0.25, 0.3) is 0 Å². The highest BCUT2D eigenvalue weighted by Crippen LogP contribution is 2.15. The van der Waals surface area contributed by atoms with Crippen LogP contribution in [-0.4, -0.2) is 56.2 Å². The molecule has 1 heterocycles. The molecule has 6 heteroatoms. The highest BCUT2D eigenvalue weighted by Gasteiger charge is 2.25. The maximum atomic E-state index is 11.2.